The van der Waals surface area contributed by atoms with Crippen LogP contribution in [0.1, 0.15) is 37.9 Å². The number of hydrogen-bond acceptors (Lipinski definition) is 3. The fourth-order valence-electron chi connectivity index (χ4n) is 5.90. The van der Waals surface area contributed by atoms with Gasteiger partial charge in [0.05, 0.1) is 12.8 Å². The summed E-state index contributed by atoms with van der Waals surface area (Å²) in [7, 11) is 2.26. The van der Waals surface area contributed by atoms with Crippen LogP contribution in [-0.2, 0) is 6.54 Å². The number of likely N-dealkylation sites (N-methyl/N-ethyl adjacent to an activating group) is 1. The first-order chi connectivity index (χ1) is 9.72. The lowest BCUT2D eigenvalue weighted by atomic mass is 9.48. The van der Waals surface area contributed by atoms with Gasteiger partial charge in [-0.05, 0) is 75.0 Å². The van der Waals surface area contributed by atoms with Crippen molar-refractivity contribution in [1.82, 2.24) is 4.90 Å². The molecule has 110 valence electrons. The zero-order chi connectivity index (χ0) is 13.7. The normalized spacial score (nSPS) is 42.5. The predicted molar refractivity (Wildman–Crippen MR) is 79.0 cm³/mol. The maximum absolute atomic E-state index is 6.35. The van der Waals surface area contributed by atoms with Crippen molar-refractivity contribution in [2.24, 2.45) is 29.4 Å². The van der Waals surface area contributed by atoms with Gasteiger partial charge in [0.25, 0.3) is 0 Å². The molecule has 2 N–H and O–H groups in total. The van der Waals surface area contributed by atoms with Gasteiger partial charge in [-0.3, -0.25) is 4.90 Å². The van der Waals surface area contributed by atoms with E-state index in [-0.39, 0.29) is 5.54 Å². The van der Waals surface area contributed by atoms with E-state index in [4.69, 9.17) is 10.2 Å². The molecular formula is C17H26N2O. The summed E-state index contributed by atoms with van der Waals surface area (Å²) in [5.74, 6) is 4.67. The lowest BCUT2D eigenvalue weighted by molar-refractivity contribution is -0.127. The molecular weight excluding hydrogens is 248 g/mol. The van der Waals surface area contributed by atoms with E-state index in [0.29, 0.717) is 0 Å². The molecule has 0 atom stereocenters. The molecule has 0 amide bonds. The molecule has 4 fully saturated rings. The standard InChI is InChI=1S/C17H26N2O/c1-19(10-16-3-2-4-20-16)17(11-18)14-6-12-5-13(8-14)9-15(17)7-12/h2-4,12-15H,5-11,18H2,1H3. The van der Waals surface area contributed by atoms with Gasteiger partial charge in [0.15, 0.2) is 0 Å². The molecule has 0 aromatic carbocycles. The van der Waals surface area contributed by atoms with Gasteiger partial charge in [-0.15, -0.1) is 0 Å². The molecule has 0 unspecified atom stereocenters. The van der Waals surface area contributed by atoms with Gasteiger partial charge in [-0.1, -0.05) is 0 Å². The summed E-state index contributed by atoms with van der Waals surface area (Å²) >= 11 is 0. The number of nitrogens with two attached hydrogens (primary N) is 1. The number of furan rings is 1. The zero-order valence-electron chi connectivity index (χ0n) is 12.4. The van der Waals surface area contributed by atoms with Crippen molar-refractivity contribution in [3.63, 3.8) is 0 Å². The Morgan fingerprint density at radius 1 is 1.20 bits per heavy atom. The molecule has 3 heteroatoms. The minimum atomic E-state index is 0.222. The van der Waals surface area contributed by atoms with Crippen molar-refractivity contribution in [2.75, 3.05) is 13.6 Å². The minimum Gasteiger partial charge on any atom is -0.468 e. The van der Waals surface area contributed by atoms with Gasteiger partial charge in [0.2, 0.25) is 0 Å². The second-order valence-electron chi connectivity index (χ2n) is 7.44. The van der Waals surface area contributed by atoms with E-state index in [1.165, 1.54) is 32.1 Å². The van der Waals surface area contributed by atoms with E-state index in [1.807, 2.05) is 6.07 Å². The third kappa shape index (κ3) is 1.72. The second-order valence-corrected chi connectivity index (χ2v) is 7.44. The molecule has 4 bridgehead atoms. The van der Waals surface area contributed by atoms with Crippen molar-refractivity contribution >= 4 is 0 Å². The largest absolute Gasteiger partial charge is 0.468 e. The second kappa shape index (κ2) is 4.60. The molecule has 0 radical (unpaired) electrons. The summed E-state index contributed by atoms with van der Waals surface area (Å²) in [6.07, 6.45) is 8.91. The van der Waals surface area contributed by atoms with E-state index < -0.39 is 0 Å². The van der Waals surface area contributed by atoms with Crippen LogP contribution in [-0.4, -0.2) is 24.0 Å². The highest BCUT2D eigenvalue weighted by atomic mass is 16.3. The topological polar surface area (TPSA) is 42.4 Å². The van der Waals surface area contributed by atoms with Gasteiger partial charge < -0.3 is 10.2 Å². The molecule has 0 aliphatic heterocycles. The summed E-state index contributed by atoms with van der Waals surface area (Å²) in [5, 5.41) is 0. The summed E-state index contributed by atoms with van der Waals surface area (Å²) in [5.41, 5.74) is 6.57. The molecule has 1 heterocycles. The Kier molecular flexibility index (Phi) is 2.97. The first-order valence-corrected chi connectivity index (χ1v) is 8.16. The Labute approximate surface area is 121 Å². The Balaban J connectivity index is 1.62. The van der Waals surface area contributed by atoms with Gasteiger partial charge >= 0.3 is 0 Å². The Morgan fingerprint density at radius 3 is 2.35 bits per heavy atom. The van der Waals surface area contributed by atoms with Gasteiger partial charge in [0.1, 0.15) is 5.76 Å². The molecule has 4 saturated carbocycles. The van der Waals surface area contributed by atoms with Crippen LogP contribution in [0.15, 0.2) is 22.8 Å². The van der Waals surface area contributed by atoms with Crippen molar-refractivity contribution in [1.29, 1.82) is 0 Å². The van der Waals surface area contributed by atoms with Crippen LogP contribution in [0.25, 0.3) is 0 Å². The highest BCUT2D eigenvalue weighted by molar-refractivity contribution is 5.13. The van der Waals surface area contributed by atoms with Crippen LogP contribution < -0.4 is 5.73 Å². The third-order valence-corrected chi connectivity index (χ3v) is 6.56. The van der Waals surface area contributed by atoms with E-state index in [9.17, 15) is 0 Å². The Bertz CT molecular complexity index is 439. The molecule has 4 aliphatic rings. The Hall–Kier alpha value is -0.800. The fourth-order valence-corrected chi connectivity index (χ4v) is 5.90. The average molecular weight is 274 g/mol. The summed E-state index contributed by atoms with van der Waals surface area (Å²) < 4.78 is 5.55. The van der Waals surface area contributed by atoms with Crippen molar-refractivity contribution in [3.05, 3.63) is 24.2 Å². The molecule has 4 aliphatic carbocycles. The first-order valence-electron chi connectivity index (χ1n) is 8.16. The maximum Gasteiger partial charge on any atom is 0.117 e. The monoisotopic (exact) mass is 274 g/mol. The van der Waals surface area contributed by atoms with Crippen LogP contribution in [0.2, 0.25) is 0 Å². The average Bonchev–Trinajstić information content (AvgIpc) is 2.91. The third-order valence-electron chi connectivity index (χ3n) is 6.56. The summed E-state index contributed by atoms with van der Waals surface area (Å²) in [4.78, 5) is 2.53. The van der Waals surface area contributed by atoms with Crippen LogP contribution in [0.3, 0.4) is 0 Å². The molecule has 5 rings (SSSR count). The zero-order valence-corrected chi connectivity index (χ0v) is 12.4. The molecule has 1 aromatic rings. The number of rotatable bonds is 4. The van der Waals surface area contributed by atoms with Gasteiger partial charge in [-0.2, -0.15) is 0 Å². The number of hydrogen-bond donors (Lipinski definition) is 1. The van der Waals surface area contributed by atoms with Crippen molar-refractivity contribution in [2.45, 2.75) is 44.2 Å². The van der Waals surface area contributed by atoms with Crippen LogP contribution in [0.4, 0.5) is 0 Å². The highest BCUT2D eigenvalue weighted by Gasteiger charge is 2.58. The molecule has 1 aromatic heterocycles. The lowest BCUT2D eigenvalue weighted by Crippen LogP contribution is -2.68. The Morgan fingerprint density at radius 2 is 1.85 bits per heavy atom. The van der Waals surface area contributed by atoms with E-state index >= 15 is 0 Å². The number of nitrogens with zero attached hydrogens (tertiary/aromatic N) is 1. The SMILES string of the molecule is CN(Cc1ccco1)C1(CN)C2CC3CC(C2)CC1C3. The predicted octanol–water partition coefficient (Wildman–Crippen LogP) is 2.87. The van der Waals surface area contributed by atoms with Crippen LogP contribution >= 0.6 is 0 Å². The maximum atomic E-state index is 6.35. The molecule has 20 heavy (non-hydrogen) atoms. The summed E-state index contributed by atoms with van der Waals surface area (Å²) in [6.45, 7) is 1.70. The van der Waals surface area contributed by atoms with Crippen molar-refractivity contribution in [3.8, 4) is 0 Å². The van der Waals surface area contributed by atoms with Crippen LogP contribution in [0, 0.1) is 23.7 Å². The quantitative estimate of drug-likeness (QED) is 0.918. The molecule has 0 saturated heterocycles. The van der Waals surface area contributed by atoms with Gasteiger partial charge in [-0.25, -0.2) is 0 Å². The van der Waals surface area contributed by atoms with Gasteiger partial charge in [0, 0.05) is 12.1 Å². The minimum absolute atomic E-state index is 0.222. The summed E-state index contributed by atoms with van der Waals surface area (Å²) in [6, 6.07) is 4.06. The molecule has 3 nitrogen and oxygen atoms in total. The van der Waals surface area contributed by atoms with E-state index in [2.05, 4.69) is 18.0 Å². The smallest absolute Gasteiger partial charge is 0.117 e. The van der Waals surface area contributed by atoms with E-state index in [1.54, 1.807) is 6.26 Å². The van der Waals surface area contributed by atoms with Crippen LogP contribution in [0.5, 0.6) is 0 Å². The fraction of sp³-hybridized carbons (Fsp3) is 0.765. The van der Waals surface area contributed by atoms with Crippen molar-refractivity contribution < 1.29 is 4.42 Å². The lowest BCUT2D eigenvalue weighted by Gasteiger charge is -2.64. The highest BCUT2D eigenvalue weighted by Crippen LogP contribution is 2.59. The van der Waals surface area contributed by atoms with E-state index in [0.717, 1.165) is 42.5 Å². The first kappa shape index (κ1) is 12.9. The molecule has 0 spiro atoms.